The first-order chi connectivity index (χ1) is 7.58. The van der Waals surface area contributed by atoms with Gasteiger partial charge in [0.15, 0.2) is 0 Å². The quantitative estimate of drug-likeness (QED) is 0.908. The number of ether oxygens (including phenoxy) is 1. The maximum Gasteiger partial charge on any atom is 0.128 e. The van der Waals surface area contributed by atoms with E-state index in [2.05, 4.69) is 22.9 Å². The van der Waals surface area contributed by atoms with Gasteiger partial charge in [0.2, 0.25) is 0 Å². The Balaban J connectivity index is 2.45. The summed E-state index contributed by atoms with van der Waals surface area (Å²) in [5.41, 5.74) is 6.17. The molecule has 2 rings (SSSR count). The molecule has 1 saturated heterocycles. The molecule has 1 heterocycles. The Morgan fingerprint density at radius 2 is 2.38 bits per heavy atom. The Morgan fingerprint density at radius 3 is 3.06 bits per heavy atom. The second kappa shape index (κ2) is 4.43. The molecule has 0 aliphatic carbocycles. The topological polar surface area (TPSA) is 35.2 Å². The van der Waals surface area contributed by atoms with Gasteiger partial charge in [0.25, 0.3) is 0 Å². The monoisotopic (exact) mass is 287 g/mol. The second-order valence-electron chi connectivity index (χ2n) is 4.28. The van der Waals surface area contributed by atoms with E-state index in [0.29, 0.717) is 18.8 Å². The van der Waals surface area contributed by atoms with E-state index < -0.39 is 5.54 Å². The molecule has 0 bridgehead atoms. The highest BCUT2D eigenvalue weighted by Crippen LogP contribution is 2.37. The smallest absolute Gasteiger partial charge is 0.128 e. The summed E-state index contributed by atoms with van der Waals surface area (Å²) in [6.07, 6.45) is 0.891. The maximum absolute atomic E-state index is 13.8. The Hall–Kier alpha value is -0.450. The fourth-order valence-electron chi connectivity index (χ4n) is 2.27. The van der Waals surface area contributed by atoms with Crippen molar-refractivity contribution in [2.24, 2.45) is 11.7 Å². The van der Waals surface area contributed by atoms with Gasteiger partial charge in [-0.05, 0) is 24.6 Å². The fraction of sp³-hybridized carbons (Fsp3) is 0.500. The minimum absolute atomic E-state index is 0.177. The lowest BCUT2D eigenvalue weighted by Crippen LogP contribution is -2.44. The van der Waals surface area contributed by atoms with Crippen LogP contribution in [-0.4, -0.2) is 13.2 Å². The molecule has 1 aliphatic heterocycles. The number of hydrogen-bond acceptors (Lipinski definition) is 2. The van der Waals surface area contributed by atoms with Crippen molar-refractivity contribution in [2.45, 2.75) is 18.9 Å². The van der Waals surface area contributed by atoms with Crippen LogP contribution in [0.1, 0.15) is 18.9 Å². The highest BCUT2D eigenvalue weighted by atomic mass is 79.9. The Kier molecular flexibility index (Phi) is 3.33. The third kappa shape index (κ3) is 1.90. The molecule has 0 saturated carbocycles. The summed E-state index contributed by atoms with van der Waals surface area (Å²) >= 11 is 3.35. The highest BCUT2D eigenvalue weighted by Gasteiger charge is 2.42. The SMILES string of the molecule is CC[C@@H]1COC[C@@]1(N)c1cc(Br)ccc1F. The third-order valence-corrected chi connectivity index (χ3v) is 3.80. The lowest BCUT2D eigenvalue weighted by atomic mass is 9.80. The molecular weight excluding hydrogens is 273 g/mol. The molecule has 88 valence electrons. The average Bonchev–Trinajstić information content (AvgIpc) is 2.64. The molecule has 1 aromatic carbocycles. The van der Waals surface area contributed by atoms with Crippen LogP contribution in [0.5, 0.6) is 0 Å². The Labute approximate surface area is 103 Å². The van der Waals surface area contributed by atoms with Gasteiger partial charge in [-0.1, -0.05) is 22.9 Å². The van der Waals surface area contributed by atoms with Crippen molar-refractivity contribution in [3.05, 3.63) is 34.1 Å². The van der Waals surface area contributed by atoms with E-state index in [1.54, 1.807) is 12.1 Å². The molecule has 4 heteroatoms. The first kappa shape index (κ1) is 12.0. The van der Waals surface area contributed by atoms with Crippen molar-refractivity contribution in [2.75, 3.05) is 13.2 Å². The predicted molar refractivity (Wildman–Crippen MR) is 64.6 cm³/mol. The van der Waals surface area contributed by atoms with Gasteiger partial charge >= 0.3 is 0 Å². The number of hydrogen-bond donors (Lipinski definition) is 1. The van der Waals surface area contributed by atoms with E-state index in [-0.39, 0.29) is 11.7 Å². The summed E-state index contributed by atoms with van der Waals surface area (Å²) in [6.45, 7) is 3.05. The van der Waals surface area contributed by atoms with Crippen molar-refractivity contribution >= 4 is 15.9 Å². The summed E-state index contributed by atoms with van der Waals surface area (Å²) in [7, 11) is 0. The predicted octanol–water partition coefficient (Wildman–Crippen LogP) is 2.80. The molecule has 1 aliphatic rings. The summed E-state index contributed by atoms with van der Waals surface area (Å²) in [6, 6.07) is 4.88. The molecule has 0 amide bonds. The fourth-order valence-corrected chi connectivity index (χ4v) is 2.63. The number of benzene rings is 1. The average molecular weight is 288 g/mol. The molecule has 0 unspecified atom stereocenters. The van der Waals surface area contributed by atoms with Gasteiger partial charge in [-0.15, -0.1) is 0 Å². The van der Waals surface area contributed by atoms with E-state index in [9.17, 15) is 4.39 Å². The zero-order valence-electron chi connectivity index (χ0n) is 9.17. The Bertz CT molecular complexity index is 399. The van der Waals surface area contributed by atoms with Gasteiger partial charge in [-0.25, -0.2) is 4.39 Å². The number of nitrogens with two attached hydrogens (primary N) is 1. The third-order valence-electron chi connectivity index (χ3n) is 3.31. The van der Waals surface area contributed by atoms with Crippen molar-refractivity contribution < 1.29 is 9.13 Å². The van der Waals surface area contributed by atoms with Crippen LogP contribution in [0.4, 0.5) is 4.39 Å². The summed E-state index contributed by atoms with van der Waals surface area (Å²) in [4.78, 5) is 0. The molecule has 0 aromatic heterocycles. The minimum atomic E-state index is -0.692. The standard InChI is InChI=1S/C12H15BrFNO/c1-2-8-6-16-7-12(8,15)10-5-9(13)3-4-11(10)14/h3-5,8H,2,6-7,15H2,1H3/t8-,12+/m1/s1. The molecule has 0 spiro atoms. The van der Waals surface area contributed by atoms with E-state index in [1.807, 2.05) is 0 Å². The summed E-state index contributed by atoms with van der Waals surface area (Å²) in [5, 5.41) is 0. The van der Waals surface area contributed by atoms with E-state index in [0.717, 1.165) is 10.9 Å². The molecule has 1 fully saturated rings. The maximum atomic E-state index is 13.8. The van der Waals surface area contributed by atoms with Crippen LogP contribution in [0.25, 0.3) is 0 Å². The van der Waals surface area contributed by atoms with Gasteiger partial charge in [0.05, 0.1) is 18.8 Å². The van der Waals surface area contributed by atoms with Crippen LogP contribution in [0, 0.1) is 11.7 Å². The van der Waals surface area contributed by atoms with Gasteiger partial charge in [0, 0.05) is 16.0 Å². The lowest BCUT2D eigenvalue weighted by molar-refractivity contribution is 0.175. The van der Waals surface area contributed by atoms with Crippen LogP contribution in [0.2, 0.25) is 0 Å². The molecule has 2 N–H and O–H groups in total. The van der Waals surface area contributed by atoms with Crippen LogP contribution in [0.3, 0.4) is 0 Å². The first-order valence-electron chi connectivity index (χ1n) is 5.40. The summed E-state index contributed by atoms with van der Waals surface area (Å²) < 4.78 is 20.1. The first-order valence-corrected chi connectivity index (χ1v) is 6.19. The molecule has 2 nitrogen and oxygen atoms in total. The molecule has 16 heavy (non-hydrogen) atoms. The van der Waals surface area contributed by atoms with E-state index >= 15 is 0 Å². The van der Waals surface area contributed by atoms with E-state index in [1.165, 1.54) is 6.07 Å². The van der Waals surface area contributed by atoms with Crippen LogP contribution < -0.4 is 5.73 Å². The van der Waals surface area contributed by atoms with Gasteiger partial charge < -0.3 is 10.5 Å². The number of halogens is 2. The van der Waals surface area contributed by atoms with Crippen molar-refractivity contribution in [3.8, 4) is 0 Å². The summed E-state index contributed by atoms with van der Waals surface area (Å²) in [5.74, 6) is -0.0778. The van der Waals surface area contributed by atoms with Gasteiger partial charge in [-0.2, -0.15) is 0 Å². The van der Waals surface area contributed by atoms with Crippen LogP contribution in [-0.2, 0) is 10.3 Å². The van der Waals surface area contributed by atoms with Crippen molar-refractivity contribution in [1.29, 1.82) is 0 Å². The van der Waals surface area contributed by atoms with Gasteiger partial charge in [0.1, 0.15) is 5.82 Å². The van der Waals surface area contributed by atoms with E-state index in [4.69, 9.17) is 10.5 Å². The lowest BCUT2D eigenvalue weighted by Gasteiger charge is -2.29. The van der Waals surface area contributed by atoms with Crippen LogP contribution >= 0.6 is 15.9 Å². The van der Waals surface area contributed by atoms with Crippen molar-refractivity contribution in [3.63, 3.8) is 0 Å². The molecule has 0 radical (unpaired) electrons. The molecule has 1 aromatic rings. The minimum Gasteiger partial charge on any atom is -0.379 e. The second-order valence-corrected chi connectivity index (χ2v) is 5.20. The zero-order valence-corrected chi connectivity index (χ0v) is 10.8. The van der Waals surface area contributed by atoms with Gasteiger partial charge in [-0.3, -0.25) is 0 Å². The number of rotatable bonds is 2. The molecular formula is C12H15BrFNO. The Morgan fingerprint density at radius 1 is 1.62 bits per heavy atom. The molecule has 2 atom stereocenters. The normalized spacial score (nSPS) is 29.6. The largest absolute Gasteiger partial charge is 0.379 e. The van der Waals surface area contributed by atoms with Crippen LogP contribution in [0.15, 0.2) is 22.7 Å². The zero-order chi connectivity index (χ0) is 11.8. The highest BCUT2D eigenvalue weighted by molar-refractivity contribution is 9.10. The van der Waals surface area contributed by atoms with Crippen molar-refractivity contribution in [1.82, 2.24) is 0 Å².